The first-order valence-electron chi connectivity index (χ1n) is 8.14. The quantitative estimate of drug-likeness (QED) is 0.839. The highest BCUT2D eigenvalue weighted by atomic mass is 16.1. The van der Waals surface area contributed by atoms with E-state index in [0.29, 0.717) is 11.6 Å². The van der Waals surface area contributed by atoms with Gasteiger partial charge >= 0.3 is 0 Å². The second-order valence-corrected chi connectivity index (χ2v) is 6.23. The van der Waals surface area contributed by atoms with Gasteiger partial charge in [0.05, 0.1) is 0 Å². The molecule has 0 saturated heterocycles. The third kappa shape index (κ3) is 2.63. The Balaban J connectivity index is 2.09. The highest BCUT2D eigenvalue weighted by molar-refractivity contribution is 5.36. The monoisotopic (exact) mass is 285 g/mol. The highest BCUT2D eigenvalue weighted by Gasteiger charge is 2.25. The minimum absolute atomic E-state index is 0.0619. The molecular formula is C17H23N3O. The molecule has 0 bridgehead atoms. The molecule has 21 heavy (non-hydrogen) atoms. The van der Waals surface area contributed by atoms with Gasteiger partial charge in [-0.3, -0.25) is 9.69 Å². The second-order valence-electron chi connectivity index (χ2n) is 6.23. The number of aromatic nitrogens is 1. The Morgan fingerprint density at radius 1 is 1.33 bits per heavy atom. The first kappa shape index (κ1) is 14.3. The number of hydrogen-bond donors (Lipinski definition) is 0. The largest absolute Gasteiger partial charge is 0.308 e. The molecule has 2 heterocycles. The van der Waals surface area contributed by atoms with E-state index in [-0.39, 0.29) is 5.56 Å². The van der Waals surface area contributed by atoms with E-state index in [4.69, 9.17) is 0 Å². The molecule has 0 spiro atoms. The molecule has 0 radical (unpaired) electrons. The predicted octanol–water partition coefficient (Wildman–Crippen LogP) is 2.60. The maximum Gasteiger partial charge on any atom is 0.268 e. The molecule has 0 amide bonds. The molecule has 112 valence electrons. The number of pyridine rings is 1. The van der Waals surface area contributed by atoms with Crippen LogP contribution in [-0.4, -0.2) is 22.6 Å². The van der Waals surface area contributed by atoms with Crippen molar-refractivity contribution in [2.75, 3.05) is 13.1 Å². The summed E-state index contributed by atoms with van der Waals surface area (Å²) >= 11 is 0. The second kappa shape index (κ2) is 6.03. The van der Waals surface area contributed by atoms with Gasteiger partial charge < -0.3 is 4.57 Å². The minimum Gasteiger partial charge on any atom is -0.308 e. The fourth-order valence-electron chi connectivity index (χ4n) is 3.80. The number of nitrogens with zero attached hydrogens (tertiary/aromatic N) is 3. The van der Waals surface area contributed by atoms with Crippen LogP contribution in [0.15, 0.2) is 10.9 Å². The van der Waals surface area contributed by atoms with Crippen LogP contribution in [0.3, 0.4) is 0 Å². The van der Waals surface area contributed by atoms with E-state index in [1.807, 2.05) is 10.6 Å². The molecule has 1 aliphatic heterocycles. The highest BCUT2D eigenvalue weighted by Crippen LogP contribution is 2.30. The maximum absolute atomic E-state index is 12.6. The van der Waals surface area contributed by atoms with Crippen molar-refractivity contribution in [1.29, 1.82) is 5.26 Å². The summed E-state index contributed by atoms with van der Waals surface area (Å²) in [5.74, 6) is 0. The Kier molecular flexibility index (Phi) is 4.12. The van der Waals surface area contributed by atoms with Gasteiger partial charge in [0.25, 0.3) is 5.56 Å². The van der Waals surface area contributed by atoms with E-state index in [0.717, 1.165) is 38.9 Å². The van der Waals surface area contributed by atoms with Crippen molar-refractivity contribution in [2.45, 2.75) is 58.0 Å². The molecule has 1 aromatic rings. The average Bonchev–Trinajstić information content (AvgIpc) is 2.54. The first-order chi connectivity index (χ1) is 10.2. The topological polar surface area (TPSA) is 49.0 Å². The maximum atomic E-state index is 12.6. The van der Waals surface area contributed by atoms with E-state index in [9.17, 15) is 10.1 Å². The molecule has 3 rings (SSSR count). The molecule has 2 aliphatic rings. The van der Waals surface area contributed by atoms with Crippen molar-refractivity contribution in [1.82, 2.24) is 9.47 Å². The molecule has 0 N–H and O–H groups in total. The summed E-state index contributed by atoms with van der Waals surface area (Å²) in [5, 5.41) is 9.29. The minimum atomic E-state index is -0.0619. The predicted molar refractivity (Wildman–Crippen MR) is 82.2 cm³/mol. The Morgan fingerprint density at radius 2 is 2.10 bits per heavy atom. The van der Waals surface area contributed by atoms with E-state index in [1.165, 1.54) is 30.5 Å². The Hall–Kier alpha value is -1.60. The molecule has 1 fully saturated rings. The lowest BCUT2D eigenvalue weighted by molar-refractivity contribution is 0.253. The van der Waals surface area contributed by atoms with Gasteiger partial charge in [-0.15, -0.1) is 0 Å². The molecule has 1 aliphatic carbocycles. The Bertz CT molecular complexity index is 620. The number of nitriles is 1. The van der Waals surface area contributed by atoms with Gasteiger partial charge in [0.2, 0.25) is 0 Å². The summed E-state index contributed by atoms with van der Waals surface area (Å²) in [4.78, 5) is 15.0. The number of likely N-dealkylation sites (N-methyl/N-ethyl adjacent to an activating group) is 1. The first-order valence-corrected chi connectivity index (χ1v) is 8.14. The summed E-state index contributed by atoms with van der Waals surface area (Å²) < 4.78 is 1.99. The number of fused-ring (bicyclic) bond motifs is 1. The zero-order valence-corrected chi connectivity index (χ0v) is 12.8. The molecule has 0 unspecified atom stereocenters. The van der Waals surface area contributed by atoms with Crippen LogP contribution in [-0.2, 0) is 13.0 Å². The van der Waals surface area contributed by atoms with Crippen LogP contribution < -0.4 is 5.56 Å². The third-order valence-electron chi connectivity index (χ3n) is 5.00. The standard InChI is InChI=1S/C17H23N3O/c1-2-19-9-8-16-14(12-19)10-13(11-18)17(21)20(16)15-6-4-3-5-7-15/h10,15H,2-9,12H2,1H3. The zero-order valence-electron chi connectivity index (χ0n) is 12.8. The van der Waals surface area contributed by atoms with Gasteiger partial charge in [-0.05, 0) is 31.0 Å². The normalized spacial score (nSPS) is 20.0. The zero-order chi connectivity index (χ0) is 14.8. The van der Waals surface area contributed by atoms with E-state index < -0.39 is 0 Å². The molecule has 4 heteroatoms. The van der Waals surface area contributed by atoms with Crippen LogP contribution in [0.4, 0.5) is 0 Å². The van der Waals surface area contributed by atoms with Gasteiger partial charge in [-0.2, -0.15) is 5.26 Å². The SMILES string of the molecule is CCN1CCc2c(cc(C#N)c(=O)n2C2CCCCC2)C1. The van der Waals surface area contributed by atoms with Crippen LogP contribution in [0, 0.1) is 11.3 Å². The summed E-state index contributed by atoms with van der Waals surface area (Å²) in [6, 6.07) is 4.24. The summed E-state index contributed by atoms with van der Waals surface area (Å²) in [7, 11) is 0. The molecule has 0 atom stereocenters. The van der Waals surface area contributed by atoms with E-state index in [2.05, 4.69) is 17.9 Å². The van der Waals surface area contributed by atoms with Crippen molar-refractivity contribution in [2.24, 2.45) is 0 Å². The van der Waals surface area contributed by atoms with E-state index >= 15 is 0 Å². The summed E-state index contributed by atoms with van der Waals surface area (Å²) in [5.41, 5.74) is 2.63. The van der Waals surface area contributed by atoms with Gasteiger partial charge in [-0.1, -0.05) is 26.2 Å². The van der Waals surface area contributed by atoms with Crippen LogP contribution in [0.25, 0.3) is 0 Å². The molecule has 0 aromatic carbocycles. The van der Waals surface area contributed by atoms with Crippen molar-refractivity contribution >= 4 is 0 Å². The summed E-state index contributed by atoms with van der Waals surface area (Å²) in [6.45, 7) is 5.06. The fourth-order valence-corrected chi connectivity index (χ4v) is 3.80. The van der Waals surface area contributed by atoms with Crippen LogP contribution in [0.2, 0.25) is 0 Å². The van der Waals surface area contributed by atoms with Gasteiger partial charge in [0.1, 0.15) is 11.6 Å². The molecular weight excluding hydrogens is 262 g/mol. The molecule has 1 saturated carbocycles. The van der Waals surface area contributed by atoms with Gasteiger partial charge in [-0.25, -0.2) is 0 Å². The van der Waals surface area contributed by atoms with Crippen molar-refractivity contribution in [3.8, 4) is 6.07 Å². The lowest BCUT2D eigenvalue weighted by Crippen LogP contribution is -2.38. The Morgan fingerprint density at radius 3 is 2.76 bits per heavy atom. The van der Waals surface area contributed by atoms with Crippen molar-refractivity contribution in [3.05, 3.63) is 33.2 Å². The van der Waals surface area contributed by atoms with Crippen LogP contribution >= 0.6 is 0 Å². The summed E-state index contributed by atoms with van der Waals surface area (Å²) in [6.07, 6.45) is 6.76. The van der Waals surface area contributed by atoms with E-state index in [1.54, 1.807) is 0 Å². The van der Waals surface area contributed by atoms with Crippen LogP contribution in [0.1, 0.15) is 61.9 Å². The number of rotatable bonds is 2. The number of hydrogen-bond acceptors (Lipinski definition) is 3. The molecule has 1 aromatic heterocycles. The average molecular weight is 285 g/mol. The Labute approximate surface area is 126 Å². The van der Waals surface area contributed by atoms with Crippen LogP contribution in [0.5, 0.6) is 0 Å². The lowest BCUT2D eigenvalue weighted by Gasteiger charge is -2.33. The van der Waals surface area contributed by atoms with Crippen molar-refractivity contribution in [3.63, 3.8) is 0 Å². The lowest BCUT2D eigenvalue weighted by atomic mass is 9.93. The van der Waals surface area contributed by atoms with Gasteiger partial charge in [0, 0.05) is 31.2 Å². The smallest absolute Gasteiger partial charge is 0.268 e. The van der Waals surface area contributed by atoms with Crippen molar-refractivity contribution < 1.29 is 0 Å². The third-order valence-corrected chi connectivity index (χ3v) is 5.00. The van der Waals surface area contributed by atoms with Gasteiger partial charge in [0.15, 0.2) is 0 Å². The molecule has 4 nitrogen and oxygen atoms in total. The fraction of sp³-hybridized carbons (Fsp3) is 0.647.